The first-order valence-corrected chi connectivity index (χ1v) is 11.9. The van der Waals surface area contributed by atoms with Crippen molar-refractivity contribution in [2.75, 3.05) is 14.2 Å². The normalized spacial score (nSPS) is 17.6. The minimum absolute atomic E-state index is 0.160. The van der Waals surface area contributed by atoms with Crippen molar-refractivity contribution < 1.29 is 27.2 Å². The van der Waals surface area contributed by atoms with Crippen molar-refractivity contribution in [2.24, 2.45) is 11.8 Å². The molecule has 0 spiro atoms. The fraction of sp³-hybridized carbons (Fsp3) is 0.414. The number of aliphatic hydroxyl groups is 1. The maximum absolute atomic E-state index is 11.7. The standard InChI is InChI=1S/C29H35NO5/c1-19-26(34-2)15-24(16-27(19)35-3)29(33)25(14-21-12-22-6-4-5-7-23(22)13-21)18-30-11-10-20(17-30)8-9-28(31)32/h4-7,10-11,15-17,21,25,29,33H,8-9,12-14,18H2,1-3H3,(H,31,32)/t25-,29+/m0/s1/i8T,9T/t8?,9?,25-,29+. The number of rotatable bonds is 11. The number of hydrogen-bond acceptors (Lipinski definition) is 4. The Hall–Kier alpha value is -3.25. The number of aliphatic hydroxyl groups excluding tert-OH is 1. The SMILES string of the molecule is [3H]C(C(=O)O)C([3H])c1ccn(C[C@H](CC2Cc3ccccc3C2)[C@H](O)c2cc(OC)c(C)c(OC)c2)c1. The van der Waals surface area contributed by atoms with Crippen molar-refractivity contribution in [1.82, 2.24) is 4.57 Å². The van der Waals surface area contributed by atoms with Crippen molar-refractivity contribution in [3.05, 3.63) is 82.7 Å². The van der Waals surface area contributed by atoms with Crippen molar-refractivity contribution in [3.63, 3.8) is 0 Å². The van der Waals surface area contributed by atoms with Crippen LogP contribution in [0.25, 0.3) is 0 Å². The maximum Gasteiger partial charge on any atom is 0.303 e. The summed E-state index contributed by atoms with van der Waals surface area (Å²) < 4.78 is 28.9. The van der Waals surface area contributed by atoms with Gasteiger partial charge in [0, 0.05) is 39.6 Å². The van der Waals surface area contributed by atoms with Gasteiger partial charge in [-0.05, 0) is 79.0 Å². The monoisotopic (exact) mass is 481 g/mol. The molecule has 0 fully saturated rings. The molecule has 2 aromatic carbocycles. The van der Waals surface area contributed by atoms with E-state index in [0.29, 0.717) is 35.1 Å². The van der Waals surface area contributed by atoms with E-state index in [4.69, 9.17) is 17.3 Å². The topological polar surface area (TPSA) is 80.9 Å². The van der Waals surface area contributed by atoms with E-state index in [1.165, 1.54) is 11.1 Å². The lowest BCUT2D eigenvalue weighted by molar-refractivity contribution is -0.136. The van der Waals surface area contributed by atoms with Crippen LogP contribution in [0, 0.1) is 18.8 Å². The summed E-state index contributed by atoms with van der Waals surface area (Å²) in [5.74, 6) is 0.206. The van der Waals surface area contributed by atoms with Gasteiger partial charge in [0.1, 0.15) is 11.5 Å². The summed E-state index contributed by atoms with van der Waals surface area (Å²) in [6.45, 7) is 2.39. The number of ether oxygens (including phenoxy) is 2. The maximum atomic E-state index is 11.7. The fourth-order valence-electron chi connectivity index (χ4n) is 5.21. The number of carbonyl (C=O) groups is 1. The van der Waals surface area contributed by atoms with Crippen LogP contribution in [0.3, 0.4) is 0 Å². The molecule has 1 aliphatic rings. The van der Waals surface area contributed by atoms with Gasteiger partial charge in [0.05, 0.1) is 20.3 Å². The van der Waals surface area contributed by atoms with E-state index in [2.05, 4.69) is 24.3 Å². The summed E-state index contributed by atoms with van der Waals surface area (Å²) >= 11 is 0. The molecule has 1 aliphatic carbocycles. The Morgan fingerprint density at radius 3 is 2.34 bits per heavy atom. The van der Waals surface area contributed by atoms with Gasteiger partial charge in [0.15, 0.2) is 0 Å². The fourth-order valence-corrected chi connectivity index (χ4v) is 5.21. The van der Waals surface area contributed by atoms with Crippen LogP contribution in [-0.4, -0.2) is 35.0 Å². The van der Waals surface area contributed by atoms with Crippen molar-refractivity contribution in [2.45, 2.75) is 51.6 Å². The summed E-state index contributed by atoms with van der Waals surface area (Å²) in [7, 11) is 3.20. The van der Waals surface area contributed by atoms with Crippen LogP contribution < -0.4 is 9.47 Å². The molecule has 4 atom stereocenters. The highest BCUT2D eigenvalue weighted by molar-refractivity contribution is 5.67. The van der Waals surface area contributed by atoms with Crippen LogP contribution in [0.15, 0.2) is 54.9 Å². The third-order valence-electron chi connectivity index (χ3n) is 6.97. The van der Waals surface area contributed by atoms with Gasteiger partial charge in [-0.25, -0.2) is 0 Å². The zero-order valence-electron chi connectivity index (χ0n) is 22.5. The summed E-state index contributed by atoms with van der Waals surface area (Å²) in [4.78, 5) is 11.2. The lowest BCUT2D eigenvalue weighted by Gasteiger charge is -2.27. The Balaban J connectivity index is 1.61. The van der Waals surface area contributed by atoms with Gasteiger partial charge in [-0.15, -0.1) is 0 Å². The number of hydrogen-bond donors (Lipinski definition) is 2. The average molecular weight is 482 g/mol. The molecular weight excluding hydrogens is 442 g/mol. The molecule has 0 radical (unpaired) electrons. The second-order valence-electron chi connectivity index (χ2n) is 9.35. The second kappa shape index (κ2) is 11.0. The third-order valence-corrected chi connectivity index (χ3v) is 6.97. The molecule has 2 unspecified atom stereocenters. The minimum atomic E-state index is -1.55. The smallest absolute Gasteiger partial charge is 0.303 e. The molecule has 4 rings (SSSR count). The molecule has 6 nitrogen and oxygen atoms in total. The number of nitrogens with zero attached hydrogens (tertiary/aromatic N) is 1. The average Bonchev–Trinajstić information content (AvgIpc) is 3.53. The number of aryl methyl sites for hydroxylation is 1. The number of aliphatic carboxylic acids is 1. The predicted molar refractivity (Wildman–Crippen MR) is 135 cm³/mol. The van der Waals surface area contributed by atoms with Crippen LogP contribution >= 0.6 is 0 Å². The molecule has 6 heteroatoms. The van der Waals surface area contributed by atoms with E-state index in [-0.39, 0.29) is 5.92 Å². The molecule has 0 saturated carbocycles. The van der Waals surface area contributed by atoms with Gasteiger partial charge in [-0.3, -0.25) is 4.79 Å². The highest BCUT2D eigenvalue weighted by Crippen LogP contribution is 2.39. The van der Waals surface area contributed by atoms with Gasteiger partial charge in [-0.1, -0.05) is 24.3 Å². The zero-order valence-corrected chi connectivity index (χ0v) is 20.5. The van der Waals surface area contributed by atoms with E-state index in [0.717, 1.165) is 24.8 Å². The third kappa shape index (κ3) is 5.88. The van der Waals surface area contributed by atoms with Gasteiger partial charge >= 0.3 is 5.97 Å². The first kappa shape index (κ1) is 22.2. The summed E-state index contributed by atoms with van der Waals surface area (Å²) in [6, 6.07) is 13.9. The number of methoxy groups -OCH3 is 2. The van der Waals surface area contributed by atoms with Crippen LogP contribution in [0.1, 0.15) is 49.5 Å². The van der Waals surface area contributed by atoms with Crippen LogP contribution in [-0.2, 0) is 30.6 Å². The van der Waals surface area contributed by atoms with Crippen LogP contribution in [0.4, 0.5) is 0 Å². The predicted octanol–water partition coefficient (Wildman–Crippen LogP) is 4.99. The number of aromatic nitrogens is 1. The Morgan fingerprint density at radius 2 is 1.77 bits per heavy atom. The lowest BCUT2D eigenvalue weighted by Crippen LogP contribution is -2.22. The van der Waals surface area contributed by atoms with Crippen LogP contribution in [0.5, 0.6) is 11.5 Å². The van der Waals surface area contributed by atoms with E-state index in [1.807, 2.05) is 23.6 Å². The van der Waals surface area contributed by atoms with Gasteiger partial charge in [0.2, 0.25) is 0 Å². The highest BCUT2D eigenvalue weighted by atomic mass is 16.5. The largest absolute Gasteiger partial charge is 0.496 e. The molecule has 0 aliphatic heterocycles. The number of fused-ring (bicyclic) bond motifs is 1. The second-order valence-corrected chi connectivity index (χ2v) is 9.35. The van der Waals surface area contributed by atoms with Crippen molar-refractivity contribution in [1.29, 1.82) is 0 Å². The summed E-state index contributed by atoms with van der Waals surface area (Å²) in [5.41, 5.74) is 4.76. The van der Waals surface area contributed by atoms with E-state index in [1.54, 1.807) is 32.7 Å². The first-order valence-electron chi connectivity index (χ1n) is 13.1. The van der Waals surface area contributed by atoms with E-state index >= 15 is 0 Å². The van der Waals surface area contributed by atoms with Gasteiger partial charge < -0.3 is 24.3 Å². The van der Waals surface area contributed by atoms with Crippen LogP contribution in [0.2, 0.25) is 0 Å². The number of benzene rings is 2. The molecule has 1 aromatic heterocycles. The summed E-state index contributed by atoms with van der Waals surface area (Å²) in [5, 5.41) is 20.8. The molecule has 0 saturated heterocycles. The molecule has 2 N–H and O–H groups in total. The molecule has 1 heterocycles. The Kier molecular flexibility index (Phi) is 6.98. The number of carboxylic acid groups (broad SMARTS) is 1. The molecule has 0 amide bonds. The van der Waals surface area contributed by atoms with Crippen molar-refractivity contribution in [3.8, 4) is 11.5 Å². The number of carboxylic acids is 1. The Morgan fingerprint density at radius 1 is 1.14 bits per heavy atom. The Bertz CT molecular complexity index is 1190. The zero-order chi connectivity index (χ0) is 26.7. The van der Waals surface area contributed by atoms with Gasteiger partial charge in [0.25, 0.3) is 0 Å². The molecule has 186 valence electrons. The molecule has 3 aromatic rings. The molecule has 35 heavy (non-hydrogen) atoms. The Labute approximate surface area is 209 Å². The lowest BCUT2D eigenvalue weighted by atomic mass is 9.85. The highest BCUT2D eigenvalue weighted by Gasteiger charge is 2.30. The molecular formula is C29H35NO5. The van der Waals surface area contributed by atoms with E-state index < -0.39 is 24.9 Å². The quantitative estimate of drug-likeness (QED) is 0.403. The van der Waals surface area contributed by atoms with Gasteiger partial charge in [-0.2, -0.15) is 0 Å². The summed E-state index contributed by atoms with van der Waals surface area (Å²) in [6.07, 6.45) is 2.69. The first-order chi connectivity index (χ1) is 17.7. The van der Waals surface area contributed by atoms with E-state index in [9.17, 15) is 9.90 Å². The van der Waals surface area contributed by atoms with Crippen molar-refractivity contribution >= 4 is 5.97 Å². The minimum Gasteiger partial charge on any atom is -0.496 e. The molecule has 0 bridgehead atoms.